The van der Waals surface area contributed by atoms with Crippen molar-refractivity contribution in [3.63, 3.8) is 0 Å². The highest BCUT2D eigenvalue weighted by atomic mass is 19.1. The standard InChI is InChI=1S/C11H10FN3O3/c12-8-6-13-5-4-7(8)11-15-14-9(18-11)2-1-3-10(16)17/h4-6H,1-3H2,(H,16,17). The quantitative estimate of drug-likeness (QED) is 0.869. The molecule has 2 aromatic rings. The van der Waals surface area contributed by atoms with Gasteiger partial charge in [0.15, 0.2) is 5.82 Å². The molecule has 0 radical (unpaired) electrons. The van der Waals surface area contributed by atoms with Gasteiger partial charge in [0.25, 0.3) is 5.89 Å². The summed E-state index contributed by atoms with van der Waals surface area (Å²) in [5.41, 5.74) is 0.182. The molecule has 94 valence electrons. The third-order valence-corrected chi connectivity index (χ3v) is 2.25. The highest BCUT2D eigenvalue weighted by Crippen LogP contribution is 2.20. The number of pyridine rings is 1. The summed E-state index contributed by atoms with van der Waals surface area (Å²) in [5.74, 6) is -1.06. The summed E-state index contributed by atoms with van der Waals surface area (Å²) >= 11 is 0. The molecule has 2 rings (SSSR count). The van der Waals surface area contributed by atoms with Crippen LogP contribution in [0.3, 0.4) is 0 Å². The molecule has 0 aliphatic heterocycles. The van der Waals surface area contributed by atoms with Crippen LogP contribution in [0.4, 0.5) is 4.39 Å². The zero-order valence-corrected chi connectivity index (χ0v) is 9.34. The van der Waals surface area contributed by atoms with Crippen LogP contribution in [0.2, 0.25) is 0 Å². The number of nitrogens with zero attached hydrogens (tertiary/aromatic N) is 3. The van der Waals surface area contributed by atoms with E-state index in [-0.39, 0.29) is 17.9 Å². The average Bonchev–Trinajstić information content (AvgIpc) is 2.78. The molecular weight excluding hydrogens is 241 g/mol. The third-order valence-electron chi connectivity index (χ3n) is 2.25. The molecule has 0 spiro atoms. The Kier molecular flexibility index (Phi) is 3.61. The van der Waals surface area contributed by atoms with E-state index in [1.165, 1.54) is 12.3 Å². The molecule has 0 aromatic carbocycles. The van der Waals surface area contributed by atoms with Crippen molar-refractivity contribution in [2.45, 2.75) is 19.3 Å². The van der Waals surface area contributed by atoms with E-state index in [1.54, 1.807) is 0 Å². The fourth-order valence-corrected chi connectivity index (χ4v) is 1.40. The minimum Gasteiger partial charge on any atom is -0.481 e. The largest absolute Gasteiger partial charge is 0.481 e. The van der Waals surface area contributed by atoms with Crippen LogP contribution in [0.25, 0.3) is 11.5 Å². The van der Waals surface area contributed by atoms with Gasteiger partial charge in [-0.15, -0.1) is 10.2 Å². The predicted octanol–water partition coefficient (Wildman–Crippen LogP) is 1.68. The molecular formula is C11H10FN3O3. The number of carbonyl (C=O) groups is 1. The number of hydrogen-bond acceptors (Lipinski definition) is 5. The summed E-state index contributed by atoms with van der Waals surface area (Å²) < 4.78 is 18.6. The maximum Gasteiger partial charge on any atom is 0.303 e. The van der Waals surface area contributed by atoms with Crippen LogP contribution < -0.4 is 0 Å². The lowest BCUT2D eigenvalue weighted by atomic mass is 10.2. The van der Waals surface area contributed by atoms with Gasteiger partial charge < -0.3 is 9.52 Å². The Bertz CT molecular complexity index is 556. The zero-order chi connectivity index (χ0) is 13.0. The van der Waals surface area contributed by atoms with Crippen molar-refractivity contribution < 1.29 is 18.7 Å². The van der Waals surface area contributed by atoms with E-state index in [1.807, 2.05) is 0 Å². The van der Waals surface area contributed by atoms with Crippen molar-refractivity contribution in [1.29, 1.82) is 0 Å². The van der Waals surface area contributed by atoms with E-state index >= 15 is 0 Å². The van der Waals surface area contributed by atoms with Gasteiger partial charge in [0, 0.05) is 19.0 Å². The zero-order valence-electron chi connectivity index (χ0n) is 9.34. The Balaban J connectivity index is 2.06. The van der Waals surface area contributed by atoms with Gasteiger partial charge in [-0.1, -0.05) is 0 Å². The van der Waals surface area contributed by atoms with E-state index in [0.717, 1.165) is 6.20 Å². The van der Waals surface area contributed by atoms with Crippen LogP contribution in [0, 0.1) is 5.82 Å². The Labute approximate surface area is 101 Å². The average molecular weight is 251 g/mol. The van der Waals surface area contributed by atoms with Crippen molar-refractivity contribution in [2.24, 2.45) is 0 Å². The molecule has 0 atom stereocenters. The molecule has 1 N–H and O–H groups in total. The summed E-state index contributed by atoms with van der Waals surface area (Å²) in [4.78, 5) is 14.0. The normalized spacial score (nSPS) is 10.5. The van der Waals surface area contributed by atoms with Crippen LogP contribution >= 0.6 is 0 Å². The molecule has 7 heteroatoms. The van der Waals surface area contributed by atoms with Crippen molar-refractivity contribution in [2.75, 3.05) is 0 Å². The molecule has 0 unspecified atom stereocenters. The maximum absolute atomic E-state index is 13.4. The van der Waals surface area contributed by atoms with Gasteiger partial charge in [0.2, 0.25) is 5.89 Å². The molecule has 2 heterocycles. The molecule has 0 amide bonds. The van der Waals surface area contributed by atoms with Crippen molar-refractivity contribution in [1.82, 2.24) is 15.2 Å². The minimum atomic E-state index is -0.880. The predicted molar refractivity (Wildman–Crippen MR) is 58.1 cm³/mol. The lowest BCUT2D eigenvalue weighted by Crippen LogP contribution is -1.95. The molecule has 0 saturated heterocycles. The van der Waals surface area contributed by atoms with Crippen LogP contribution in [0.15, 0.2) is 22.9 Å². The Morgan fingerprint density at radius 1 is 1.44 bits per heavy atom. The number of aliphatic carboxylic acids is 1. The summed E-state index contributed by atoms with van der Waals surface area (Å²) in [5, 5.41) is 15.9. The summed E-state index contributed by atoms with van der Waals surface area (Å²) in [6.07, 6.45) is 3.26. The summed E-state index contributed by atoms with van der Waals surface area (Å²) in [7, 11) is 0. The van der Waals surface area contributed by atoms with Crippen LogP contribution in [0.5, 0.6) is 0 Å². The lowest BCUT2D eigenvalue weighted by Gasteiger charge is -1.95. The van der Waals surface area contributed by atoms with Gasteiger partial charge in [-0.2, -0.15) is 0 Å². The first kappa shape index (κ1) is 12.2. The second kappa shape index (κ2) is 5.35. The van der Waals surface area contributed by atoms with E-state index in [2.05, 4.69) is 15.2 Å². The SMILES string of the molecule is O=C(O)CCCc1nnc(-c2ccncc2F)o1. The topological polar surface area (TPSA) is 89.1 Å². The van der Waals surface area contributed by atoms with Gasteiger partial charge >= 0.3 is 5.97 Å². The molecule has 6 nitrogen and oxygen atoms in total. The Hall–Kier alpha value is -2.31. The number of aromatic nitrogens is 3. The van der Waals surface area contributed by atoms with Crippen molar-refractivity contribution >= 4 is 5.97 Å². The monoisotopic (exact) mass is 251 g/mol. The summed E-state index contributed by atoms with van der Waals surface area (Å²) in [6, 6.07) is 1.43. The second-order valence-corrected chi connectivity index (χ2v) is 3.60. The van der Waals surface area contributed by atoms with Crippen LogP contribution in [-0.2, 0) is 11.2 Å². The molecule has 0 aliphatic carbocycles. The van der Waals surface area contributed by atoms with Gasteiger partial charge in [-0.25, -0.2) is 4.39 Å². The van der Waals surface area contributed by atoms with Crippen LogP contribution in [0.1, 0.15) is 18.7 Å². The van der Waals surface area contributed by atoms with Gasteiger partial charge in [-0.05, 0) is 12.5 Å². The van der Waals surface area contributed by atoms with Crippen LogP contribution in [-0.4, -0.2) is 26.3 Å². The fraction of sp³-hybridized carbons (Fsp3) is 0.273. The van der Waals surface area contributed by atoms with E-state index in [0.29, 0.717) is 18.7 Å². The number of carboxylic acid groups (broad SMARTS) is 1. The van der Waals surface area contributed by atoms with Gasteiger partial charge in [0.1, 0.15) is 0 Å². The molecule has 0 saturated carbocycles. The van der Waals surface area contributed by atoms with E-state index in [4.69, 9.17) is 9.52 Å². The fourth-order valence-electron chi connectivity index (χ4n) is 1.40. The molecule has 0 bridgehead atoms. The molecule has 18 heavy (non-hydrogen) atoms. The summed E-state index contributed by atoms with van der Waals surface area (Å²) in [6.45, 7) is 0. The first-order chi connectivity index (χ1) is 8.66. The molecule has 0 fully saturated rings. The van der Waals surface area contributed by atoms with Crippen molar-refractivity contribution in [3.05, 3.63) is 30.2 Å². The number of halogens is 1. The third kappa shape index (κ3) is 2.88. The minimum absolute atomic E-state index is 0.0291. The Morgan fingerprint density at radius 3 is 3.00 bits per heavy atom. The van der Waals surface area contributed by atoms with Crippen molar-refractivity contribution in [3.8, 4) is 11.5 Å². The lowest BCUT2D eigenvalue weighted by molar-refractivity contribution is -0.137. The van der Waals surface area contributed by atoms with E-state index in [9.17, 15) is 9.18 Å². The Morgan fingerprint density at radius 2 is 2.28 bits per heavy atom. The number of hydrogen-bond donors (Lipinski definition) is 1. The number of aryl methyl sites for hydroxylation is 1. The number of rotatable bonds is 5. The molecule has 0 aliphatic rings. The number of carboxylic acids is 1. The first-order valence-electron chi connectivity index (χ1n) is 5.31. The van der Waals surface area contributed by atoms with E-state index < -0.39 is 11.8 Å². The highest BCUT2D eigenvalue weighted by Gasteiger charge is 2.12. The smallest absolute Gasteiger partial charge is 0.303 e. The maximum atomic E-state index is 13.4. The second-order valence-electron chi connectivity index (χ2n) is 3.60. The molecule has 2 aromatic heterocycles. The van der Waals surface area contributed by atoms with Gasteiger partial charge in [-0.3, -0.25) is 9.78 Å². The first-order valence-corrected chi connectivity index (χ1v) is 5.31. The highest BCUT2D eigenvalue weighted by molar-refractivity contribution is 5.66. The van der Waals surface area contributed by atoms with Gasteiger partial charge in [0.05, 0.1) is 11.8 Å².